The van der Waals surface area contributed by atoms with E-state index in [0.29, 0.717) is 0 Å². The van der Waals surface area contributed by atoms with Crippen LogP contribution in [-0.2, 0) is 0 Å². The van der Waals surface area contributed by atoms with Gasteiger partial charge in [0.05, 0.1) is 5.69 Å². The van der Waals surface area contributed by atoms with Crippen LogP contribution in [-0.4, -0.2) is 0 Å². The van der Waals surface area contributed by atoms with Gasteiger partial charge in [-0.3, -0.25) is 0 Å². The molecule has 0 saturated heterocycles. The summed E-state index contributed by atoms with van der Waals surface area (Å²) in [4.78, 5) is 2.46. The van der Waals surface area contributed by atoms with Gasteiger partial charge in [0.2, 0.25) is 0 Å². The number of fused-ring (bicyclic) bond motifs is 7. The van der Waals surface area contributed by atoms with Gasteiger partial charge in [0.15, 0.2) is 0 Å². The standard InChI is InChI=1S/C58H37NS2/c1-2-15-39-34-43(33-32-38(39)14-1)42-18-11-21-46(37-42)59(53-28-6-3-22-48(53)50-26-13-31-56-57(50)52-24-5-8-30-55(52)60-56)45-20-10-17-41(36-45)40-16-9-19-44(35-40)47-25-12-27-51-49-23-4-7-29-54(49)61-58(47)51/h1-37H. The minimum atomic E-state index is 1.10. The predicted molar refractivity (Wildman–Crippen MR) is 266 cm³/mol. The Morgan fingerprint density at radius 2 is 0.836 bits per heavy atom. The highest BCUT2D eigenvalue weighted by molar-refractivity contribution is 7.26. The van der Waals surface area contributed by atoms with Crippen LogP contribution in [0.4, 0.5) is 17.1 Å². The van der Waals surface area contributed by atoms with Crippen LogP contribution in [0.1, 0.15) is 0 Å². The van der Waals surface area contributed by atoms with Gasteiger partial charge in [0.25, 0.3) is 0 Å². The second-order valence-corrected chi connectivity index (χ2v) is 17.8. The van der Waals surface area contributed by atoms with E-state index in [9.17, 15) is 0 Å². The Balaban J connectivity index is 1.03. The summed E-state index contributed by atoms with van der Waals surface area (Å²) in [6, 6.07) is 82.5. The third-order valence-electron chi connectivity index (χ3n) is 12.0. The van der Waals surface area contributed by atoms with E-state index in [-0.39, 0.29) is 0 Å². The normalized spacial score (nSPS) is 11.6. The van der Waals surface area contributed by atoms with Crippen LogP contribution in [0.2, 0.25) is 0 Å². The summed E-state index contributed by atoms with van der Waals surface area (Å²) in [6.07, 6.45) is 0. The van der Waals surface area contributed by atoms with Gasteiger partial charge < -0.3 is 4.90 Å². The fraction of sp³-hybridized carbons (Fsp3) is 0. The van der Waals surface area contributed by atoms with Crippen LogP contribution in [0.3, 0.4) is 0 Å². The Labute approximate surface area is 362 Å². The van der Waals surface area contributed by atoms with E-state index < -0.39 is 0 Å². The van der Waals surface area contributed by atoms with Crippen molar-refractivity contribution in [3.05, 3.63) is 224 Å². The van der Waals surface area contributed by atoms with E-state index in [1.807, 2.05) is 22.7 Å². The quantitative estimate of drug-likeness (QED) is 0.155. The first kappa shape index (κ1) is 35.6. The Morgan fingerprint density at radius 1 is 0.295 bits per heavy atom. The Hall–Kier alpha value is -7.30. The molecule has 0 aliphatic rings. The third-order valence-corrected chi connectivity index (χ3v) is 14.4. The highest BCUT2D eigenvalue weighted by Gasteiger charge is 2.21. The summed E-state index contributed by atoms with van der Waals surface area (Å²) in [5, 5.41) is 7.72. The number of benzene rings is 10. The predicted octanol–water partition coefficient (Wildman–Crippen LogP) is 17.7. The lowest BCUT2D eigenvalue weighted by atomic mass is 9.95. The molecule has 10 aromatic carbocycles. The van der Waals surface area contributed by atoms with Crippen molar-refractivity contribution in [3.8, 4) is 44.5 Å². The molecule has 0 amide bonds. The topological polar surface area (TPSA) is 3.24 Å². The Bertz CT molecular complexity index is 3630. The number of nitrogens with zero attached hydrogens (tertiary/aromatic N) is 1. The average Bonchev–Trinajstić information content (AvgIpc) is 3.91. The van der Waals surface area contributed by atoms with Gasteiger partial charge in [0.1, 0.15) is 0 Å². The zero-order chi connectivity index (χ0) is 40.3. The van der Waals surface area contributed by atoms with Crippen LogP contribution >= 0.6 is 22.7 Å². The van der Waals surface area contributed by atoms with E-state index in [2.05, 4.69) is 229 Å². The molecule has 0 radical (unpaired) electrons. The van der Waals surface area contributed by atoms with Crippen molar-refractivity contribution in [2.24, 2.45) is 0 Å². The molecule has 12 rings (SSSR count). The Kier molecular flexibility index (Phi) is 8.62. The van der Waals surface area contributed by atoms with E-state index in [1.54, 1.807) is 0 Å². The van der Waals surface area contributed by atoms with Crippen molar-refractivity contribution < 1.29 is 0 Å². The van der Waals surface area contributed by atoms with Crippen LogP contribution in [0, 0.1) is 0 Å². The van der Waals surface area contributed by atoms with Crippen LogP contribution < -0.4 is 4.90 Å². The van der Waals surface area contributed by atoms with Gasteiger partial charge in [-0.05, 0) is 110 Å². The van der Waals surface area contributed by atoms with Crippen molar-refractivity contribution in [1.29, 1.82) is 0 Å². The van der Waals surface area contributed by atoms with E-state index in [1.165, 1.54) is 95.6 Å². The number of para-hydroxylation sites is 1. The molecular formula is C58H37NS2. The van der Waals surface area contributed by atoms with Crippen molar-refractivity contribution >= 4 is 90.9 Å². The molecule has 2 heterocycles. The number of hydrogen-bond donors (Lipinski definition) is 0. The number of thiophene rings is 2. The molecule has 0 atom stereocenters. The maximum Gasteiger partial charge on any atom is 0.0540 e. The van der Waals surface area contributed by atoms with Crippen molar-refractivity contribution in [2.45, 2.75) is 0 Å². The molecule has 0 bridgehead atoms. The smallest absolute Gasteiger partial charge is 0.0540 e. The molecule has 12 aromatic rings. The average molecular weight is 812 g/mol. The Morgan fingerprint density at radius 3 is 1.66 bits per heavy atom. The molecular weight excluding hydrogens is 775 g/mol. The van der Waals surface area contributed by atoms with Gasteiger partial charge in [-0.1, -0.05) is 164 Å². The van der Waals surface area contributed by atoms with E-state index in [0.717, 1.165) is 17.1 Å². The molecule has 0 spiro atoms. The van der Waals surface area contributed by atoms with Crippen molar-refractivity contribution in [3.63, 3.8) is 0 Å². The summed E-state index contributed by atoms with van der Waals surface area (Å²) < 4.78 is 5.26. The highest BCUT2D eigenvalue weighted by Crippen LogP contribution is 2.47. The molecule has 61 heavy (non-hydrogen) atoms. The van der Waals surface area contributed by atoms with Gasteiger partial charge in [-0.25, -0.2) is 0 Å². The molecule has 0 unspecified atom stereocenters. The molecule has 0 saturated carbocycles. The fourth-order valence-electron chi connectivity index (χ4n) is 9.18. The maximum atomic E-state index is 2.46. The van der Waals surface area contributed by atoms with E-state index >= 15 is 0 Å². The number of rotatable bonds is 7. The molecule has 0 aliphatic carbocycles. The lowest BCUT2D eigenvalue weighted by molar-refractivity contribution is 1.28. The molecule has 1 nitrogen and oxygen atoms in total. The highest BCUT2D eigenvalue weighted by atomic mass is 32.1. The van der Waals surface area contributed by atoms with Gasteiger partial charge in [-0.2, -0.15) is 0 Å². The second kappa shape index (κ2) is 14.8. The lowest BCUT2D eigenvalue weighted by Crippen LogP contribution is -2.11. The fourth-order valence-corrected chi connectivity index (χ4v) is 11.6. The van der Waals surface area contributed by atoms with Gasteiger partial charge in [-0.15, -0.1) is 22.7 Å². The molecule has 2 aromatic heterocycles. The number of anilines is 3. The summed E-state index contributed by atoms with van der Waals surface area (Å²) in [7, 11) is 0. The summed E-state index contributed by atoms with van der Waals surface area (Å²) in [5.41, 5.74) is 13.0. The maximum absolute atomic E-state index is 2.46. The second-order valence-electron chi connectivity index (χ2n) is 15.7. The molecule has 0 fully saturated rings. The first-order valence-electron chi connectivity index (χ1n) is 20.7. The molecule has 0 aliphatic heterocycles. The van der Waals surface area contributed by atoms with Crippen LogP contribution in [0.5, 0.6) is 0 Å². The van der Waals surface area contributed by atoms with Crippen LogP contribution in [0.15, 0.2) is 224 Å². The summed E-state index contributed by atoms with van der Waals surface area (Å²) in [5.74, 6) is 0. The molecule has 0 N–H and O–H groups in total. The minimum Gasteiger partial charge on any atom is -0.310 e. The largest absolute Gasteiger partial charge is 0.310 e. The number of hydrogen-bond acceptors (Lipinski definition) is 3. The summed E-state index contributed by atoms with van der Waals surface area (Å²) in [6.45, 7) is 0. The monoisotopic (exact) mass is 811 g/mol. The van der Waals surface area contributed by atoms with Crippen molar-refractivity contribution in [2.75, 3.05) is 4.90 Å². The summed E-state index contributed by atoms with van der Waals surface area (Å²) >= 11 is 3.75. The van der Waals surface area contributed by atoms with Gasteiger partial charge in [0, 0.05) is 57.3 Å². The van der Waals surface area contributed by atoms with Crippen LogP contribution in [0.25, 0.3) is 95.6 Å². The third kappa shape index (κ3) is 6.21. The van der Waals surface area contributed by atoms with Gasteiger partial charge >= 0.3 is 0 Å². The molecule has 286 valence electrons. The molecule has 3 heteroatoms. The SMILES string of the molecule is c1cc(-c2cccc(N(c3cccc(-c4ccc5ccccc5c4)c3)c3ccccc3-c3cccc4sc5ccccc5c34)c2)cc(-c2cccc3c2sc2ccccc23)c1. The first-order valence-corrected chi connectivity index (χ1v) is 22.4. The minimum absolute atomic E-state index is 1.10. The first-order chi connectivity index (χ1) is 30.2. The lowest BCUT2D eigenvalue weighted by Gasteiger charge is -2.29. The van der Waals surface area contributed by atoms with Crippen molar-refractivity contribution in [1.82, 2.24) is 0 Å². The zero-order valence-electron chi connectivity index (χ0n) is 33.1. The zero-order valence-corrected chi connectivity index (χ0v) is 34.8. The van der Waals surface area contributed by atoms with E-state index in [4.69, 9.17) is 0 Å².